The number of carbonyl (C=O) groups is 1. The van der Waals surface area contributed by atoms with Crippen LogP contribution in [0.4, 0.5) is 0 Å². The van der Waals surface area contributed by atoms with Crippen molar-refractivity contribution in [3.63, 3.8) is 0 Å². The van der Waals surface area contributed by atoms with Gasteiger partial charge in [-0.15, -0.1) is 24.8 Å². The number of nitrogens with zero attached hydrogens (tertiary/aromatic N) is 1. The Morgan fingerprint density at radius 3 is 2.63 bits per heavy atom. The number of hydrogen-bond acceptors (Lipinski definition) is 3. The molecule has 1 fully saturated rings. The summed E-state index contributed by atoms with van der Waals surface area (Å²) in [5.41, 5.74) is 0.679. The van der Waals surface area contributed by atoms with E-state index in [0.29, 0.717) is 6.54 Å². The van der Waals surface area contributed by atoms with E-state index in [1.807, 2.05) is 19.1 Å². The highest BCUT2D eigenvalue weighted by Crippen LogP contribution is 2.18. The Labute approximate surface area is 126 Å². The van der Waals surface area contributed by atoms with Crippen LogP contribution in [-0.4, -0.2) is 23.0 Å². The molecule has 1 amide bonds. The first-order chi connectivity index (χ1) is 8.21. The van der Waals surface area contributed by atoms with Gasteiger partial charge in [0.05, 0.1) is 5.54 Å². The lowest BCUT2D eigenvalue weighted by atomic mass is 9.90. The van der Waals surface area contributed by atoms with Crippen LogP contribution in [0.2, 0.25) is 0 Å². The van der Waals surface area contributed by atoms with Gasteiger partial charge in [0.2, 0.25) is 5.91 Å². The largest absolute Gasteiger partial charge is 0.350 e. The Morgan fingerprint density at radius 1 is 1.37 bits per heavy atom. The van der Waals surface area contributed by atoms with Crippen molar-refractivity contribution < 1.29 is 4.79 Å². The van der Waals surface area contributed by atoms with Crippen molar-refractivity contribution in [1.29, 1.82) is 0 Å². The molecule has 1 unspecified atom stereocenters. The van der Waals surface area contributed by atoms with Gasteiger partial charge in [0.1, 0.15) is 0 Å². The second kappa shape index (κ2) is 8.35. The third kappa shape index (κ3) is 4.97. The van der Waals surface area contributed by atoms with Crippen molar-refractivity contribution in [2.45, 2.75) is 38.3 Å². The maximum Gasteiger partial charge on any atom is 0.240 e. The Morgan fingerprint density at radius 2 is 2.05 bits per heavy atom. The Bertz CT molecular complexity index is 381. The van der Waals surface area contributed by atoms with Crippen LogP contribution >= 0.6 is 24.8 Å². The molecular formula is C13H21Cl2N3O. The first-order valence-electron chi connectivity index (χ1n) is 6.13. The highest BCUT2D eigenvalue weighted by Gasteiger charge is 2.33. The number of aromatic nitrogens is 1. The third-order valence-electron chi connectivity index (χ3n) is 3.32. The molecule has 1 aromatic heterocycles. The summed E-state index contributed by atoms with van der Waals surface area (Å²) in [5.74, 6) is 0.0917. The Balaban J connectivity index is 0.00000162. The van der Waals surface area contributed by atoms with E-state index >= 15 is 0 Å². The maximum atomic E-state index is 12.1. The number of carbonyl (C=O) groups excluding carboxylic acids is 1. The molecule has 0 aliphatic carbocycles. The van der Waals surface area contributed by atoms with Crippen LogP contribution in [0.1, 0.15) is 31.7 Å². The Kier molecular flexibility index (Phi) is 7.99. The van der Waals surface area contributed by atoms with Gasteiger partial charge >= 0.3 is 0 Å². The van der Waals surface area contributed by atoms with Crippen LogP contribution in [0.5, 0.6) is 0 Å². The van der Waals surface area contributed by atoms with Crippen molar-refractivity contribution in [2.24, 2.45) is 0 Å². The molecule has 1 atom stereocenters. The van der Waals surface area contributed by atoms with Gasteiger partial charge in [-0.25, -0.2) is 0 Å². The highest BCUT2D eigenvalue weighted by atomic mass is 35.5. The molecule has 0 radical (unpaired) electrons. The summed E-state index contributed by atoms with van der Waals surface area (Å²) >= 11 is 0. The summed E-state index contributed by atoms with van der Waals surface area (Å²) in [7, 11) is 0. The second-order valence-electron chi connectivity index (χ2n) is 4.75. The molecule has 108 valence electrons. The first kappa shape index (κ1) is 18.2. The van der Waals surface area contributed by atoms with Crippen LogP contribution in [0.3, 0.4) is 0 Å². The fourth-order valence-corrected chi connectivity index (χ4v) is 2.13. The highest BCUT2D eigenvalue weighted by molar-refractivity contribution is 5.86. The van der Waals surface area contributed by atoms with E-state index in [4.69, 9.17) is 0 Å². The fourth-order valence-electron chi connectivity index (χ4n) is 2.13. The monoisotopic (exact) mass is 305 g/mol. The lowest BCUT2D eigenvalue weighted by Gasteiger charge is -2.33. The van der Waals surface area contributed by atoms with Crippen LogP contribution in [0.25, 0.3) is 0 Å². The SMILES string of the molecule is CC1(C(=O)NCc2ccncc2)CCCCN1.Cl.Cl. The minimum absolute atomic E-state index is 0. The summed E-state index contributed by atoms with van der Waals surface area (Å²) in [5, 5.41) is 6.29. The van der Waals surface area contributed by atoms with Gasteiger partial charge in [0.15, 0.2) is 0 Å². The second-order valence-corrected chi connectivity index (χ2v) is 4.75. The molecular weight excluding hydrogens is 285 g/mol. The first-order valence-corrected chi connectivity index (χ1v) is 6.13. The van der Waals surface area contributed by atoms with E-state index in [-0.39, 0.29) is 30.7 Å². The van der Waals surface area contributed by atoms with E-state index in [1.165, 1.54) is 0 Å². The molecule has 0 saturated carbocycles. The summed E-state index contributed by atoms with van der Waals surface area (Å²) in [6.07, 6.45) is 6.67. The van der Waals surface area contributed by atoms with Crippen molar-refractivity contribution in [2.75, 3.05) is 6.54 Å². The molecule has 0 spiro atoms. The fraction of sp³-hybridized carbons (Fsp3) is 0.538. The zero-order chi connectivity index (χ0) is 12.1. The molecule has 1 saturated heterocycles. The van der Waals surface area contributed by atoms with E-state index < -0.39 is 5.54 Å². The molecule has 1 aromatic rings. The number of amides is 1. The van der Waals surface area contributed by atoms with Crippen LogP contribution in [0.15, 0.2) is 24.5 Å². The van der Waals surface area contributed by atoms with E-state index in [1.54, 1.807) is 12.4 Å². The van der Waals surface area contributed by atoms with Gasteiger partial charge in [0, 0.05) is 18.9 Å². The van der Waals surface area contributed by atoms with Gasteiger partial charge in [-0.1, -0.05) is 0 Å². The molecule has 4 nitrogen and oxygen atoms in total. The van der Waals surface area contributed by atoms with Gasteiger partial charge < -0.3 is 10.6 Å². The zero-order valence-electron chi connectivity index (χ0n) is 11.0. The third-order valence-corrected chi connectivity index (χ3v) is 3.32. The lowest BCUT2D eigenvalue weighted by Crippen LogP contribution is -2.56. The van der Waals surface area contributed by atoms with E-state index in [9.17, 15) is 4.79 Å². The Hall–Kier alpha value is -0.840. The molecule has 2 N–H and O–H groups in total. The molecule has 0 aromatic carbocycles. The van der Waals surface area contributed by atoms with Gasteiger partial charge in [0.25, 0.3) is 0 Å². The molecule has 1 aliphatic rings. The lowest BCUT2D eigenvalue weighted by molar-refractivity contribution is -0.128. The standard InChI is InChI=1S/C13H19N3O.2ClH/c1-13(6-2-3-7-16-13)12(17)15-10-11-4-8-14-9-5-11;;/h4-5,8-9,16H,2-3,6-7,10H2,1H3,(H,15,17);2*1H. The molecule has 2 heterocycles. The summed E-state index contributed by atoms with van der Waals surface area (Å²) in [4.78, 5) is 16.1. The quantitative estimate of drug-likeness (QED) is 0.899. The number of piperidine rings is 1. The normalized spacial score (nSPS) is 21.7. The molecule has 19 heavy (non-hydrogen) atoms. The summed E-state index contributed by atoms with van der Waals surface area (Å²) < 4.78 is 0. The van der Waals surface area contributed by atoms with Gasteiger partial charge in [-0.05, 0) is 50.4 Å². The average molecular weight is 306 g/mol. The number of pyridine rings is 1. The number of halogens is 2. The van der Waals surface area contributed by atoms with Gasteiger partial charge in [-0.3, -0.25) is 9.78 Å². The number of hydrogen-bond donors (Lipinski definition) is 2. The predicted octanol–water partition coefficient (Wildman–Crippen LogP) is 2.07. The zero-order valence-corrected chi connectivity index (χ0v) is 12.6. The molecule has 2 rings (SSSR count). The van der Waals surface area contributed by atoms with E-state index in [2.05, 4.69) is 15.6 Å². The number of rotatable bonds is 3. The molecule has 6 heteroatoms. The van der Waals surface area contributed by atoms with Crippen molar-refractivity contribution in [3.8, 4) is 0 Å². The summed E-state index contributed by atoms with van der Waals surface area (Å²) in [6.45, 7) is 3.48. The topological polar surface area (TPSA) is 54.0 Å². The van der Waals surface area contributed by atoms with E-state index in [0.717, 1.165) is 31.4 Å². The predicted molar refractivity (Wildman–Crippen MR) is 80.8 cm³/mol. The minimum atomic E-state index is -0.398. The summed E-state index contributed by atoms with van der Waals surface area (Å²) in [6, 6.07) is 3.83. The van der Waals surface area contributed by atoms with Crippen molar-refractivity contribution in [1.82, 2.24) is 15.6 Å². The van der Waals surface area contributed by atoms with Crippen LogP contribution in [-0.2, 0) is 11.3 Å². The van der Waals surface area contributed by atoms with Crippen molar-refractivity contribution >= 4 is 30.7 Å². The molecule has 0 bridgehead atoms. The minimum Gasteiger partial charge on any atom is -0.350 e. The van der Waals surface area contributed by atoms with Crippen molar-refractivity contribution in [3.05, 3.63) is 30.1 Å². The van der Waals surface area contributed by atoms with Crippen LogP contribution < -0.4 is 10.6 Å². The van der Waals surface area contributed by atoms with Crippen LogP contribution in [0, 0.1) is 0 Å². The molecule has 1 aliphatic heterocycles. The number of nitrogens with one attached hydrogen (secondary N) is 2. The maximum absolute atomic E-state index is 12.1. The smallest absolute Gasteiger partial charge is 0.240 e. The average Bonchev–Trinajstić information content (AvgIpc) is 2.38. The van der Waals surface area contributed by atoms with Gasteiger partial charge in [-0.2, -0.15) is 0 Å².